The van der Waals surface area contributed by atoms with Crippen molar-refractivity contribution in [3.8, 4) is 0 Å². The molecule has 5 nitrogen and oxygen atoms in total. The van der Waals surface area contributed by atoms with E-state index in [1.165, 1.54) is 0 Å². The summed E-state index contributed by atoms with van der Waals surface area (Å²) in [5.41, 5.74) is 0.928. The third-order valence-electron chi connectivity index (χ3n) is 4.75. The molecule has 7 heteroatoms. The molecule has 3 rings (SSSR count). The van der Waals surface area contributed by atoms with Gasteiger partial charge in [-0.05, 0) is 44.6 Å². The molecule has 1 amide bonds. The summed E-state index contributed by atoms with van der Waals surface area (Å²) < 4.78 is 26.1. The Morgan fingerprint density at radius 2 is 2.25 bits per heavy atom. The first-order valence-corrected chi connectivity index (χ1v) is 8.35. The number of fused-ring (bicyclic) bond motifs is 1. The lowest BCUT2D eigenvalue weighted by molar-refractivity contribution is -0.122. The summed E-state index contributed by atoms with van der Waals surface area (Å²) in [6, 6.07) is 5.12. The van der Waals surface area contributed by atoms with Gasteiger partial charge in [0.2, 0.25) is 5.91 Å². The minimum Gasteiger partial charge on any atom is -0.312 e. The summed E-state index contributed by atoms with van der Waals surface area (Å²) in [4.78, 5) is 16.8. The number of benzene rings is 1. The second-order valence-corrected chi connectivity index (χ2v) is 6.10. The van der Waals surface area contributed by atoms with E-state index in [0.29, 0.717) is 23.1 Å². The van der Waals surface area contributed by atoms with Crippen LogP contribution in [0.2, 0.25) is 0 Å². The largest absolute Gasteiger partial charge is 0.312 e. The van der Waals surface area contributed by atoms with E-state index < -0.39 is 6.43 Å². The summed E-state index contributed by atoms with van der Waals surface area (Å²) in [6.45, 7) is 7.13. The third kappa shape index (κ3) is 3.00. The average molecular weight is 336 g/mol. The number of anilines is 1. The maximum Gasteiger partial charge on any atom is 0.282 e. The van der Waals surface area contributed by atoms with Crippen LogP contribution < -0.4 is 4.90 Å². The molecule has 1 aliphatic heterocycles. The van der Waals surface area contributed by atoms with Crippen molar-refractivity contribution in [3.63, 3.8) is 0 Å². The predicted molar refractivity (Wildman–Crippen MR) is 89.3 cm³/mol. The highest BCUT2D eigenvalue weighted by Gasteiger charge is 2.31. The smallest absolute Gasteiger partial charge is 0.282 e. The fourth-order valence-electron chi connectivity index (χ4n) is 3.36. The van der Waals surface area contributed by atoms with Crippen molar-refractivity contribution >= 4 is 22.5 Å². The van der Waals surface area contributed by atoms with Crippen LogP contribution in [0, 0.1) is 5.92 Å². The summed E-state index contributed by atoms with van der Waals surface area (Å²) in [7, 11) is 0. The molecule has 0 bridgehead atoms. The molecule has 1 aliphatic rings. The van der Waals surface area contributed by atoms with Crippen molar-refractivity contribution in [1.29, 1.82) is 0 Å². The Bertz CT molecular complexity index is 730. The first kappa shape index (κ1) is 16.8. The minimum absolute atomic E-state index is 0.0282. The van der Waals surface area contributed by atoms with Crippen molar-refractivity contribution in [2.45, 2.75) is 26.7 Å². The number of H-pyrrole nitrogens is 1. The third-order valence-corrected chi connectivity index (χ3v) is 4.75. The van der Waals surface area contributed by atoms with E-state index in [0.717, 1.165) is 26.1 Å². The van der Waals surface area contributed by atoms with Crippen LogP contribution in [0.25, 0.3) is 10.9 Å². The monoisotopic (exact) mass is 336 g/mol. The van der Waals surface area contributed by atoms with Crippen LogP contribution in [-0.4, -0.2) is 47.2 Å². The molecule has 1 aromatic heterocycles. The number of nitrogens with zero attached hydrogens (tertiary/aromatic N) is 3. The minimum atomic E-state index is -2.65. The van der Waals surface area contributed by atoms with Crippen molar-refractivity contribution in [3.05, 3.63) is 23.9 Å². The van der Waals surface area contributed by atoms with E-state index in [-0.39, 0.29) is 17.5 Å². The highest BCUT2D eigenvalue weighted by molar-refractivity contribution is 5.97. The van der Waals surface area contributed by atoms with Crippen molar-refractivity contribution in [2.24, 2.45) is 5.92 Å². The number of aromatic nitrogens is 2. The highest BCUT2D eigenvalue weighted by atomic mass is 19.3. The fraction of sp³-hybridized carbons (Fsp3) is 0.529. The number of amides is 1. The Morgan fingerprint density at radius 3 is 2.88 bits per heavy atom. The first-order chi connectivity index (χ1) is 11.5. The molecular weight excluding hydrogens is 314 g/mol. The Labute approximate surface area is 139 Å². The number of aromatic amines is 1. The van der Waals surface area contributed by atoms with Crippen LogP contribution in [0.5, 0.6) is 0 Å². The SMILES string of the molecule is CCN1CCC(C(=O)N(CC)c2ccc3[nH]nc(C(F)F)c3c2)C1. The zero-order valence-corrected chi connectivity index (χ0v) is 13.9. The second kappa shape index (κ2) is 6.84. The van der Waals surface area contributed by atoms with Gasteiger partial charge >= 0.3 is 0 Å². The number of halogens is 2. The number of hydrogen-bond donors (Lipinski definition) is 1. The number of carbonyl (C=O) groups excluding carboxylic acids is 1. The number of hydrogen-bond acceptors (Lipinski definition) is 3. The van der Waals surface area contributed by atoms with Gasteiger partial charge in [0.05, 0.1) is 11.4 Å². The molecule has 0 saturated carbocycles. The summed E-state index contributed by atoms with van der Waals surface area (Å²) in [5, 5.41) is 6.66. The second-order valence-electron chi connectivity index (χ2n) is 6.10. The molecule has 2 heterocycles. The molecule has 1 saturated heterocycles. The van der Waals surface area contributed by atoms with Crippen LogP contribution in [0.3, 0.4) is 0 Å². The molecule has 1 atom stereocenters. The fourth-order valence-corrected chi connectivity index (χ4v) is 3.36. The van der Waals surface area contributed by atoms with Gasteiger partial charge in [-0.1, -0.05) is 6.92 Å². The molecule has 130 valence electrons. The van der Waals surface area contributed by atoms with E-state index in [1.54, 1.807) is 23.1 Å². The van der Waals surface area contributed by atoms with Gasteiger partial charge in [0.1, 0.15) is 5.69 Å². The zero-order chi connectivity index (χ0) is 17.3. The predicted octanol–water partition coefficient (Wildman–Crippen LogP) is 3.20. The molecule has 1 fully saturated rings. The Kier molecular flexibility index (Phi) is 4.80. The average Bonchev–Trinajstić information content (AvgIpc) is 3.21. The quantitative estimate of drug-likeness (QED) is 0.912. The molecule has 1 aromatic carbocycles. The van der Waals surface area contributed by atoms with Crippen LogP contribution in [0.1, 0.15) is 32.4 Å². The van der Waals surface area contributed by atoms with Crippen molar-refractivity contribution in [1.82, 2.24) is 15.1 Å². The Balaban J connectivity index is 1.89. The maximum atomic E-state index is 13.1. The first-order valence-electron chi connectivity index (χ1n) is 8.35. The van der Waals surface area contributed by atoms with E-state index in [4.69, 9.17) is 0 Å². The van der Waals surface area contributed by atoms with Crippen LogP contribution in [-0.2, 0) is 4.79 Å². The van der Waals surface area contributed by atoms with Crippen molar-refractivity contribution < 1.29 is 13.6 Å². The topological polar surface area (TPSA) is 52.2 Å². The molecule has 0 radical (unpaired) electrons. The van der Waals surface area contributed by atoms with Gasteiger partial charge < -0.3 is 9.80 Å². The van der Waals surface area contributed by atoms with E-state index in [9.17, 15) is 13.6 Å². The molecule has 24 heavy (non-hydrogen) atoms. The van der Waals surface area contributed by atoms with E-state index in [2.05, 4.69) is 22.0 Å². The number of rotatable bonds is 5. The van der Waals surface area contributed by atoms with Gasteiger partial charge in [0.15, 0.2) is 0 Å². The molecular formula is C17H22F2N4O. The van der Waals surface area contributed by atoms with Gasteiger partial charge in [-0.15, -0.1) is 0 Å². The van der Waals surface area contributed by atoms with Gasteiger partial charge in [0.25, 0.3) is 6.43 Å². The summed E-state index contributed by atoms with van der Waals surface area (Å²) >= 11 is 0. The van der Waals surface area contributed by atoms with Crippen LogP contribution in [0.15, 0.2) is 18.2 Å². The van der Waals surface area contributed by atoms with E-state index >= 15 is 0 Å². The Hall–Kier alpha value is -2.02. The molecule has 1 N–H and O–H groups in total. The number of carbonyl (C=O) groups is 1. The molecule has 0 aliphatic carbocycles. The standard InChI is InChI=1S/C17H22F2N4O/c1-3-22-8-7-11(10-22)17(24)23(4-2)12-5-6-14-13(9-12)15(16(18)19)21-20-14/h5-6,9,11,16H,3-4,7-8,10H2,1-2H3,(H,20,21). The van der Waals surface area contributed by atoms with Gasteiger partial charge in [0, 0.05) is 24.2 Å². The lowest BCUT2D eigenvalue weighted by Crippen LogP contribution is -2.37. The van der Waals surface area contributed by atoms with Crippen LogP contribution in [0.4, 0.5) is 14.5 Å². The van der Waals surface area contributed by atoms with E-state index in [1.807, 2.05) is 6.92 Å². The molecule has 0 spiro atoms. The Morgan fingerprint density at radius 1 is 1.46 bits per heavy atom. The highest BCUT2D eigenvalue weighted by Crippen LogP contribution is 2.30. The summed E-state index contributed by atoms with van der Waals surface area (Å²) in [5.74, 6) is 0.0365. The lowest BCUT2D eigenvalue weighted by atomic mass is 10.1. The molecule has 2 aromatic rings. The normalized spacial score (nSPS) is 18.6. The number of likely N-dealkylation sites (tertiary alicyclic amines) is 1. The van der Waals surface area contributed by atoms with Gasteiger partial charge in [-0.25, -0.2) is 8.78 Å². The maximum absolute atomic E-state index is 13.1. The zero-order valence-electron chi connectivity index (χ0n) is 13.9. The lowest BCUT2D eigenvalue weighted by Gasteiger charge is -2.24. The number of nitrogens with one attached hydrogen (secondary N) is 1. The number of alkyl halides is 2. The van der Waals surface area contributed by atoms with Crippen molar-refractivity contribution in [2.75, 3.05) is 31.1 Å². The van der Waals surface area contributed by atoms with Crippen LogP contribution >= 0.6 is 0 Å². The van der Waals surface area contributed by atoms with Gasteiger partial charge in [-0.3, -0.25) is 9.89 Å². The summed E-state index contributed by atoms with van der Waals surface area (Å²) in [6.07, 6.45) is -1.80. The molecule has 1 unspecified atom stereocenters. The van der Waals surface area contributed by atoms with Gasteiger partial charge in [-0.2, -0.15) is 5.10 Å².